The maximum atomic E-state index is 11.4. The van der Waals surface area contributed by atoms with E-state index < -0.39 is 0 Å². The highest BCUT2D eigenvalue weighted by Crippen LogP contribution is 2.10. The highest BCUT2D eigenvalue weighted by atomic mass is 32.1. The zero-order valence-corrected chi connectivity index (χ0v) is 9.93. The summed E-state index contributed by atoms with van der Waals surface area (Å²) in [6, 6.07) is 7.10. The first kappa shape index (κ1) is 12.6. The number of benzene rings is 1. The Balaban J connectivity index is 2.74. The van der Waals surface area contributed by atoms with Gasteiger partial charge < -0.3 is 16.4 Å². The largest absolute Gasteiger partial charge is 0.363 e. The van der Waals surface area contributed by atoms with Crippen molar-refractivity contribution in [2.24, 2.45) is 5.73 Å². The number of Topliss-reactive ketones (excluding diaryl/α,β-unsaturated/α-hetero) is 1. The Morgan fingerprint density at radius 3 is 2.88 bits per heavy atom. The van der Waals surface area contributed by atoms with Gasteiger partial charge in [-0.25, -0.2) is 0 Å². The van der Waals surface area contributed by atoms with Crippen LogP contribution in [0.15, 0.2) is 24.3 Å². The van der Waals surface area contributed by atoms with Gasteiger partial charge in [-0.2, -0.15) is 0 Å². The van der Waals surface area contributed by atoms with Gasteiger partial charge >= 0.3 is 0 Å². The third-order valence-electron chi connectivity index (χ3n) is 1.97. The normalized spacial score (nSPS) is 9.62. The van der Waals surface area contributed by atoms with E-state index >= 15 is 0 Å². The number of hydrogen-bond donors (Lipinski definition) is 3. The number of hydrogen-bond acceptors (Lipinski definition) is 3. The second-order valence-corrected chi connectivity index (χ2v) is 3.60. The van der Waals surface area contributed by atoms with Gasteiger partial charge in [0.2, 0.25) is 0 Å². The van der Waals surface area contributed by atoms with Crippen molar-refractivity contribution in [3.05, 3.63) is 29.8 Å². The van der Waals surface area contributed by atoms with Crippen molar-refractivity contribution in [2.45, 2.75) is 6.92 Å². The first-order valence-corrected chi connectivity index (χ1v) is 5.46. The molecule has 1 aromatic carbocycles. The molecule has 5 heteroatoms. The summed E-state index contributed by atoms with van der Waals surface area (Å²) in [7, 11) is 0. The van der Waals surface area contributed by atoms with E-state index in [1.165, 1.54) is 0 Å². The lowest BCUT2D eigenvalue weighted by Gasteiger charge is -2.09. The van der Waals surface area contributed by atoms with Gasteiger partial charge in [-0.05, 0) is 31.3 Å². The van der Waals surface area contributed by atoms with Crippen molar-refractivity contribution in [3.63, 3.8) is 0 Å². The number of rotatable bonds is 4. The molecule has 0 aromatic heterocycles. The Kier molecular flexibility index (Phi) is 4.88. The van der Waals surface area contributed by atoms with Crippen LogP contribution in [0.4, 0.5) is 5.69 Å². The molecule has 0 aliphatic carbocycles. The molecule has 0 spiro atoms. The Labute approximate surface area is 100 Å². The zero-order valence-electron chi connectivity index (χ0n) is 9.12. The predicted molar refractivity (Wildman–Crippen MR) is 69.7 cm³/mol. The molecule has 1 aromatic rings. The highest BCUT2D eigenvalue weighted by Gasteiger charge is 2.04. The number of carbonyl (C=O) groups excluding carboxylic acids is 1. The van der Waals surface area contributed by atoms with Crippen LogP contribution in [0.1, 0.15) is 17.3 Å². The highest BCUT2D eigenvalue weighted by molar-refractivity contribution is 7.80. The molecule has 1 rings (SSSR count). The molecule has 4 N–H and O–H groups in total. The second kappa shape index (κ2) is 6.19. The van der Waals surface area contributed by atoms with E-state index in [2.05, 4.69) is 10.6 Å². The number of nitrogens with one attached hydrogen (secondary N) is 2. The topological polar surface area (TPSA) is 67.1 Å². The van der Waals surface area contributed by atoms with E-state index in [-0.39, 0.29) is 12.3 Å². The fourth-order valence-corrected chi connectivity index (χ4v) is 1.49. The van der Waals surface area contributed by atoms with Gasteiger partial charge in [-0.15, -0.1) is 0 Å². The van der Waals surface area contributed by atoms with Gasteiger partial charge in [0.15, 0.2) is 10.9 Å². The number of nitrogens with two attached hydrogens (primary N) is 1. The molecule has 86 valence electrons. The summed E-state index contributed by atoms with van der Waals surface area (Å²) >= 11 is 5.04. The van der Waals surface area contributed by atoms with E-state index in [1.807, 2.05) is 13.0 Å². The molecule has 0 aliphatic heterocycles. The van der Waals surface area contributed by atoms with E-state index in [0.29, 0.717) is 10.7 Å². The molecular formula is C11H15N3OS. The molecule has 16 heavy (non-hydrogen) atoms. The first-order chi connectivity index (χ1) is 7.67. The molecule has 0 radical (unpaired) electrons. The molecule has 0 fully saturated rings. The van der Waals surface area contributed by atoms with Gasteiger partial charge in [0, 0.05) is 17.8 Å². The lowest BCUT2D eigenvalue weighted by atomic mass is 10.1. The fourth-order valence-electron chi connectivity index (χ4n) is 1.22. The molecule has 0 saturated carbocycles. The Morgan fingerprint density at radius 2 is 2.25 bits per heavy atom. The van der Waals surface area contributed by atoms with Crippen LogP contribution in [0.5, 0.6) is 0 Å². The van der Waals surface area contributed by atoms with Gasteiger partial charge in [0.1, 0.15) is 0 Å². The van der Waals surface area contributed by atoms with Crippen LogP contribution in [0.2, 0.25) is 0 Å². The van der Waals surface area contributed by atoms with Crippen molar-refractivity contribution in [3.8, 4) is 0 Å². The van der Waals surface area contributed by atoms with Gasteiger partial charge in [-0.3, -0.25) is 4.79 Å². The third kappa shape index (κ3) is 3.60. The first-order valence-electron chi connectivity index (χ1n) is 5.05. The minimum absolute atomic E-state index is 0.0150. The quantitative estimate of drug-likeness (QED) is 0.541. The van der Waals surface area contributed by atoms with E-state index in [1.54, 1.807) is 18.2 Å². The predicted octanol–water partition coefficient (Wildman–Crippen LogP) is 1.13. The van der Waals surface area contributed by atoms with Crippen molar-refractivity contribution >= 4 is 28.8 Å². The molecular weight excluding hydrogens is 222 g/mol. The number of thiocarbonyl (C=S) groups is 1. The Bertz CT molecular complexity index is 393. The van der Waals surface area contributed by atoms with Gasteiger partial charge in [-0.1, -0.05) is 12.1 Å². The van der Waals surface area contributed by atoms with Crippen LogP contribution in [0.25, 0.3) is 0 Å². The molecule has 0 atom stereocenters. The van der Waals surface area contributed by atoms with Crippen LogP contribution in [0.3, 0.4) is 0 Å². The lowest BCUT2D eigenvalue weighted by molar-refractivity contribution is 0.100. The molecule has 0 aliphatic rings. The van der Waals surface area contributed by atoms with Crippen LogP contribution in [-0.4, -0.2) is 24.0 Å². The summed E-state index contributed by atoms with van der Waals surface area (Å²) < 4.78 is 0. The second-order valence-electron chi connectivity index (χ2n) is 3.19. The summed E-state index contributed by atoms with van der Waals surface area (Å²) in [6.07, 6.45) is 0. The summed E-state index contributed by atoms with van der Waals surface area (Å²) in [5, 5.41) is 6.50. The Morgan fingerprint density at radius 1 is 1.50 bits per heavy atom. The minimum Gasteiger partial charge on any atom is -0.363 e. The van der Waals surface area contributed by atoms with E-state index in [0.717, 1.165) is 12.2 Å². The maximum Gasteiger partial charge on any atom is 0.176 e. The average molecular weight is 237 g/mol. The number of carbonyl (C=O) groups is 1. The van der Waals surface area contributed by atoms with Crippen LogP contribution < -0.4 is 16.4 Å². The SMILES string of the molecule is CCNC(=S)Nc1cccc(C(=O)CN)c1. The number of anilines is 1. The summed E-state index contributed by atoms with van der Waals surface area (Å²) in [5.74, 6) is -0.0852. The smallest absolute Gasteiger partial charge is 0.176 e. The lowest BCUT2D eigenvalue weighted by Crippen LogP contribution is -2.28. The van der Waals surface area contributed by atoms with E-state index in [9.17, 15) is 4.79 Å². The molecule has 0 amide bonds. The third-order valence-corrected chi connectivity index (χ3v) is 2.21. The average Bonchev–Trinajstić information content (AvgIpc) is 2.28. The number of ketones is 1. The molecule has 0 saturated heterocycles. The minimum atomic E-state index is -0.0852. The van der Waals surface area contributed by atoms with Crippen molar-refractivity contribution in [1.82, 2.24) is 5.32 Å². The maximum absolute atomic E-state index is 11.4. The fraction of sp³-hybridized carbons (Fsp3) is 0.273. The Hall–Kier alpha value is -1.46. The summed E-state index contributed by atoms with van der Waals surface area (Å²) in [4.78, 5) is 11.4. The molecule has 4 nitrogen and oxygen atoms in total. The molecule has 0 unspecified atom stereocenters. The van der Waals surface area contributed by atoms with Crippen LogP contribution >= 0.6 is 12.2 Å². The van der Waals surface area contributed by atoms with Crippen LogP contribution in [0, 0.1) is 0 Å². The molecule has 0 bridgehead atoms. The van der Waals surface area contributed by atoms with Crippen molar-refractivity contribution in [1.29, 1.82) is 0 Å². The standard InChI is InChI=1S/C11H15N3OS/c1-2-13-11(16)14-9-5-3-4-8(6-9)10(15)7-12/h3-6H,2,7,12H2,1H3,(H2,13,14,16). The molecule has 0 heterocycles. The van der Waals surface area contributed by atoms with Crippen molar-refractivity contribution < 1.29 is 4.79 Å². The monoisotopic (exact) mass is 237 g/mol. The van der Waals surface area contributed by atoms with Gasteiger partial charge in [0.05, 0.1) is 6.54 Å². The van der Waals surface area contributed by atoms with Crippen molar-refractivity contribution in [2.75, 3.05) is 18.4 Å². The summed E-state index contributed by atoms with van der Waals surface area (Å²) in [5.41, 5.74) is 6.67. The van der Waals surface area contributed by atoms with E-state index in [4.69, 9.17) is 18.0 Å². The zero-order chi connectivity index (χ0) is 12.0. The van der Waals surface area contributed by atoms with Gasteiger partial charge in [0.25, 0.3) is 0 Å². The summed E-state index contributed by atoms with van der Waals surface area (Å²) in [6.45, 7) is 2.73. The van der Waals surface area contributed by atoms with Crippen LogP contribution in [-0.2, 0) is 0 Å².